The molecule has 0 aromatic heterocycles. The molecule has 7 heteroatoms. The van der Waals surface area contributed by atoms with Gasteiger partial charge in [0, 0.05) is 9.28 Å². The van der Waals surface area contributed by atoms with Gasteiger partial charge in [-0.25, -0.2) is 0 Å². The van der Waals surface area contributed by atoms with Gasteiger partial charge in [-0.15, -0.1) is 0 Å². The van der Waals surface area contributed by atoms with Crippen molar-refractivity contribution in [1.82, 2.24) is 10.7 Å². The number of allylic oxidation sites excluding steroid dienone is 5. The van der Waals surface area contributed by atoms with Crippen LogP contribution in [0.4, 0.5) is 0 Å². The Kier molecular flexibility index (Phi) is 5.69. The third-order valence-electron chi connectivity index (χ3n) is 5.61. The Bertz CT molecular complexity index is 961. The highest BCUT2D eigenvalue weighted by atomic mass is 127. The second kappa shape index (κ2) is 8.06. The summed E-state index contributed by atoms with van der Waals surface area (Å²) in [4.78, 5) is 0. The smallest absolute Gasteiger partial charge is 0.147 e. The molecule has 3 N–H and O–H groups in total. The molecule has 3 unspecified atom stereocenters. The molecule has 4 aliphatic rings. The molecule has 0 aromatic carbocycles. The number of hydrogen-bond donors (Lipinski definition) is 3. The maximum atomic E-state index is 10.1. The van der Waals surface area contributed by atoms with Crippen molar-refractivity contribution in [1.29, 1.82) is 5.26 Å². The molecular weight excluding hydrogens is 578 g/mol. The van der Waals surface area contributed by atoms with Crippen LogP contribution < -0.4 is 10.7 Å². The third kappa shape index (κ3) is 3.45. The van der Waals surface area contributed by atoms with Gasteiger partial charge in [0.05, 0.1) is 21.6 Å². The van der Waals surface area contributed by atoms with E-state index >= 15 is 0 Å². The molecule has 144 valence electrons. The molecule has 0 saturated carbocycles. The zero-order valence-corrected chi connectivity index (χ0v) is 19.5. The van der Waals surface area contributed by atoms with Gasteiger partial charge in [0.2, 0.25) is 0 Å². The van der Waals surface area contributed by atoms with Crippen molar-refractivity contribution in [3.05, 3.63) is 66.2 Å². The molecule has 2 heterocycles. The van der Waals surface area contributed by atoms with Gasteiger partial charge < -0.3 is 15.8 Å². The van der Waals surface area contributed by atoms with Crippen molar-refractivity contribution in [3.8, 4) is 6.07 Å². The molecule has 2 aliphatic carbocycles. The Morgan fingerprint density at radius 3 is 2.89 bits per heavy atom. The van der Waals surface area contributed by atoms with E-state index in [-0.39, 0.29) is 23.8 Å². The molecule has 28 heavy (non-hydrogen) atoms. The van der Waals surface area contributed by atoms with Crippen LogP contribution in [0.5, 0.6) is 0 Å². The number of aliphatic hydroxyl groups excluding tert-OH is 1. The van der Waals surface area contributed by atoms with E-state index in [0.29, 0.717) is 9.29 Å². The Balaban J connectivity index is 1.72. The van der Waals surface area contributed by atoms with Crippen molar-refractivity contribution in [2.45, 2.75) is 37.8 Å². The predicted molar refractivity (Wildman–Crippen MR) is 128 cm³/mol. The number of dihydropyridines is 1. The Hall–Kier alpha value is -1.54. The minimum Gasteiger partial charge on any atom is -0.506 e. The number of rotatable bonds is 3. The fourth-order valence-electron chi connectivity index (χ4n) is 4.34. The highest BCUT2D eigenvalue weighted by molar-refractivity contribution is 14.1. The largest absolute Gasteiger partial charge is 0.506 e. The number of nitrogens with one attached hydrogen (secondary N) is 2. The van der Waals surface area contributed by atoms with Gasteiger partial charge in [-0.1, -0.05) is 18.7 Å². The van der Waals surface area contributed by atoms with Crippen molar-refractivity contribution >= 4 is 50.9 Å². The van der Waals surface area contributed by atoms with E-state index in [9.17, 15) is 10.4 Å². The average Bonchev–Trinajstić information content (AvgIpc) is 3.14. The molecule has 0 amide bonds. The summed E-state index contributed by atoms with van der Waals surface area (Å²) >= 11 is 4.16. The first-order valence-corrected chi connectivity index (χ1v) is 11.4. The molecule has 3 atom stereocenters. The quantitative estimate of drug-likeness (QED) is 0.247. The summed E-state index contributed by atoms with van der Waals surface area (Å²) in [7, 11) is 0. The van der Waals surface area contributed by atoms with Crippen LogP contribution in [0.1, 0.15) is 25.7 Å². The molecule has 0 bridgehead atoms. The molecule has 4 rings (SSSR count). The Morgan fingerprint density at radius 2 is 2.14 bits per heavy atom. The topological polar surface area (TPSA) is 80.4 Å². The molecule has 0 aromatic rings. The highest BCUT2D eigenvalue weighted by Gasteiger charge is 2.41. The summed E-state index contributed by atoms with van der Waals surface area (Å²) in [6, 6.07) is 2.43. The van der Waals surface area contributed by atoms with Gasteiger partial charge in [-0.2, -0.15) is 10.4 Å². The first-order valence-electron chi connectivity index (χ1n) is 9.27. The van der Waals surface area contributed by atoms with Crippen LogP contribution in [-0.2, 0) is 0 Å². The Morgan fingerprint density at radius 1 is 1.36 bits per heavy atom. The lowest BCUT2D eigenvalue weighted by molar-refractivity contribution is 0.431. The second-order valence-electron chi connectivity index (χ2n) is 7.22. The maximum absolute atomic E-state index is 10.1. The highest BCUT2D eigenvalue weighted by Crippen LogP contribution is 2.44. The normalized spacial score (nSPS) is 29.2. The fraction of sp³-hybridized carbons (Fsp3) is 0.333. The summed E-state index contributed by atoms with van der Waals surface area (Å²) in [5.41, 5.74) is 8.79. The van der Waals surface area contributed by atoms with E-state index in [4.69, 9.17) is 0 Å². The Labute approximate surface area is 192 Å². The van der Waals surface area contributed by atoms with Gasteiger partial charge in [-0.05, 0) is 99.7 Å². The minimum absolute atomic E-state index is 0.00282. The average molecular weight is 598 g/mol. The van der Waals surface area contributed by atoms with Crippen LogP contribution in [0, 0.1) is 17.2 Å². The summed E-state index contributed by atoms with van der Waals surface area (Å²) in [6.07, 6.45) is 12.7. The van der Waals surface area contributed by atoms with Crippen LogP contribution in [0.3, 0.4) is 0 Å². The standard InChI is InChI=1S/C21H20I2N4O/c1-11(22)21(28)14(23)6-7-15-12-4-2-3-5-13(12)19-16(25-15)8-9-17-20(19)18(10-24)27-26-17/h6-9,15,17,20,25-26,28H,1-5H2/b7-6+,21-14-. The molecule has 0 saturated heterocycles. The van der Waals surface area contributed by atoms with Gasteiger partial charge >= 0.3 is 0 Å². The van der Waals surface area contributed by atoms with Crippen LogP contribution in [-0.4, -0.2) is 22.9 Å². The van der Waals surface area contributed by atoms with E-state index in [1.165, 1.54) is 29.6 Å². The van der Waals surface area contributed by atoms with Gasteiger partial charge in [0.1, 0.15) is 17.5 Å². The van der Waals surface area contributed by atoms with Crippen LogP contribution in [0.25, 0.3) is 0 Å². The number of hydrazone groups is 1. The third-order valence-corrected chi connectivity index (χ3v) is 7.00. The maximum Gasteiger partial charge on any atom is 0.147 e. The molecule has 0 fully saturated rings. The van der Waals surface area contributed by atoms with Crippen molar-refractivity contribution in [3.63, 3.8) is 0 Å². The lowest BCUT2D eigenvalue weighted by atomic mass is 9.72. The number of fused-ring (bicyclic) bond motifs is 3. The lowest BCUT2D eigenvalue weighted by Gasteiger charge is -2.39. The number of nitrogens with zero attached hydrogens (tertiary/aromatic N) is 2. The molecule has 2 aliphatic heterocycles. The van der Waals surface area contributed by atoms with Gasteiger partial charge in [-0.3, -0.25) is 0 Å². The second-order valence-corrected chi connectivity index (χ2v) is 9.69. The summed E-state index contributed by atoms with van der Waals surface area (Å²) in [5.74, 6) is 0.218. The molecular formula is C21H20I2N4O. The molecule has 0 spiro atoms. The van der Waals surface area contributed by atoms with Crippen LogP contribution >= 0.6 is 45.2 Å². The van der Waals surface area contributed by atoms with E-state index in [1.807, 2.05) is 28.7 Å². The van der Waals surface area contributed by atoms with Crippen molar-refractivity contribution in [2.24, 2.45) is 11.0 Å². The molecule has 5 nitrogen and oxygen atoms in total. The minimum atomic E-state index is -0.00282. The lowest BCUT2D eigenvalue weighted by Crippen LogP contribution is -2.41. The van der Waals surface area contributed by atoms with E-state index in [2.05, 4.69) is 69.3 Å². The zero-order chi connectivity index (χ0) is 19.8. The predicted octanol–water partition coefficient (Wildman–Crippen LogP) is 4.83. The summed E-state index contributed by atoms with van der Waals surface area (Å²) in [5, 5.41) is 27.6. The number of halogens is 2. The zero-order valence-electron chi connectivity index (χ0n) is 15.2. The number of aliphatic hydroxyl groups is 1. The van der Waals surface area contributed by atoms with Crippen molar-refractivity contribution in [2.75, 3.05) is 0 Å². The monoisotopic (exact) mass is 598 g/mol. The fourth-order valence-corrected chi connectivity index (χ4v) is 5.68. The van der Waals surface area contributed by atoms with Crippen molar-refractivity contribution < 1.29 is 5.11 Å². The van der Waals surface area contributed by atoms with Crippen LogP contribution in [0.2, 0.25) is 0 Å². The summed E-state index contributed by atoms with van der Waals surface area (Å²) < 4.78 is 1.40. The summed E-state index contributed by atoms with van der Waals surface area (Å²) in [6.45, 7) is 3.79. The van der Waals surface area contributed by atoms with E-state index < -0.39 is 0 Å². The van der Waals surface area contributed by atoms with Gasteiger partial charge in [0.15, 0.2) is 0 Å². The van der Waals surface area contributed by atoms with Crippen LogP contribution in [0.15, 0.2) is 71.3 Å². The first kappa shape index (κ1) is 19.8. The number of nitriles is 1. The number of hydrogen-bond acceptors (Lipinski definition) is 5. The van der Waals surface area contributed by atoms with Gasteiger partial charge in [0.25, 0.3) is 0 Å². The molecule has 0 radical (unpaired) electrons. The van der Waals surface area contributed by atoms with E-state index in [0.717, 1.165) is 22.1 Å². The first-order chi connectivity index (χ1) is 13.5. The SMILES string of the molecule is C=C(I)/C(O)=C(I)\C=C\C1NC2=C(C3=C1CCCC3)C1C(C#N)=NNC1C=C2. The van der Waals surface area contributed by atoms with E-state index in [1.54, 1.807) is 0 Å².